The third kappa shape index (κ3) is 3.60. The predicted octanol–water partition coefficient (Wildman–Crippen LogP) is 4.39. The second-order valence-electron chi connectivity index (χ2n) is 6.43. The molecular weight excluding hydrogens is 382 g/mol. The van der Waals surface area contributed by atoms with Crippen LogP contribution in [0.1, 0.15) is 25.5 Å². The van der Waals surface area contributed by atoms with Crippen LogP contribution in [0.15, 0.2) is 57.1 Å². The fraction of sp³-hybridized carbons (Fsp3) is 0.286. The van der Waals surface area contributed by atoms with E-state index in [1.807, 2.05) is 12.1 Å². The van der Waals surface area contributed by atoms with Crippen molar-refractivity contribution in [1.29, 1.82) is 0 Å². The number of hydrogen-bond donors (Lipinski definition) is 0. The molecule has 2 heterocycles. The fourth-order valence-electron chi connectivity index (χ4n) is 3.47. The van der Waals surface area contributed by atoms with E-state index in [0.717, 1.165) is 5.56 Å². The highest BCUT2D eigenvalue weighted by Crippen LogP contribution is 2.41. The molecule has 7 heteroatoms. The number of allylic oxidation sites excluding steroid dienone is 1. The molecule has 0 fully saturated rings. The van der Waals surface area contributed by atoms with Crippen molar-refractivity contribution >= 4 is 29.3 Å². The molecule has 6 nitrogen and oxygen atoms in total. The molecule has 0 saturated carbocycles. The van der Waals surface area contributed by atoms with E-state index < -0.39 is 23.8 Å². The Morgan fingerprint density at radius 1 is 1.11 bits per heavy atom. The summed E-state index contributed by atoms with van der Waals surface area (Å²) in [5.41, 5.74) is 2.09. The highest BCUT2D eigenvalue weighted by Gasteiger charge is 2.43. The van der Waals surface area contributed by atoms with Crippen molar-refractivity contribution < 1.29 is 23.5 Å². The van der Waals surface area contributed by atoms with Crippen LogP contribution in [-0.4, -0.2) is 31.9 Å². The van der Waals surface area contributed by atoms with Crippen molar-refractivity contribution in [1.82, 2.24) is 0 Å². The van der Waals surface area contributed by atoms with Crippen LogP contribution in [0.5, 0.6) is 0 Å². The number of carbonyl (C=O) groups is 2. The van der Waals surface area contributed by atoms with Crippen LogP contribution in [0, 0.1) is 5.92 Å². The molecule has 1 unspecified atom stereocenters. The SMILES string of the molecule is COC(=O)C1=C(C)N=C(C)C(C(=O)OC)[C@@H]1c1ccc(-c2cccc(Cl)c2)o1. The molecule has 0 bridgehead atoms. The van der Waals surface area contributed by atoms with Gasteiger partial charge in [-0.25, -0.2) is 4.79 Å². The highest BCUT2D eigenvalue weighted by atomic mass is 35.5. The molecule has 0 saturated heterocycles. The molecule has 0 spiro atoms. The molecule has 3 rings (SSSR count). The summed E-state index contributed by atoms with van der Waals surface area (Å²) >= 11 is 6.07. The largest absolute Gasteiger partial charge is 0.468 e. The molecule has 0 aliphatic carbocycles. The summed E-state index contributed by atoms with van der Waals surface area (Å²) in [6, 6.07) is 10.7. The maximum Gasteiger partial charge on any atom is 0.336 e. The van der Waals surface area contributed by atoms with Crippen LogP contribution in [-0.2, 0) is 19.1 Å². The molecule has 0 amide bonds. The van der Waals surface area contributed by atoms with Gasteiger partial charge >= 0.3 is 11.9 Å². The average molecular weight is 402 g/mol. The highest BCUT2D eigenvalue weighted by molar-refractivity contribution is 6.30. The lowest BCUT2D eigenvalue weighted by molar-refractivity contribution is -0.144. The smallest absolute Gasteiger partial charge is 0.336 e. The molecule has 28 heavy (non-hydrogen) atoms. The van der Waals surface area contributed by atoms with Gasteiger partial charge in [-0.15, -0.1) is 0 Å². The molecule has 1 aliphatic rings. The summed E-state index contributed by atoms with van der Waals surface area (Å²) in [7, 11) is 2.59. The summed E-state index contributed by atoms with van der Waals surface area (Å²) in [4.78, 5) is 29.4. The lowest BCUT2D eigenvalue weighted by Gasteiger charge is -2.29. The number of nitrogens with zero attached hydrogens (tertiary/aromatic N) is 1. The molecule has 1 aromatic carbocycles. The minimum atomic E-state index is -0.791. The Hall–Kier alpha value is -2.86. The molecule has 1 aliphatic heterocycles. The Kier molecular flexibility index (Phi) is 5.70. The Morgan fingerprint density at radius 3 is 2.50 bits per heavy atom. The van der Waals surface area contributed by atoms with Crippen LogP contribution in [0.2, 0.25) is 5.02 Å². The minimum Gasteiger partial charge on any atom is -0.468 e. The zero-order valence-electron chi connectivity index (χ0n) is 16.0. The number of hydrogen-bond acceptors (Lipinski definition) is 6. The first-order chi connectivity index (χ1) is 13.4. The standard InChI is InChI=1S/C21H20ClNO5/c1-11-17(20(24)26-3)19(18(12(2)23-11)21(25)27-4)16-9-8-15(28-16)13-6-5-7-14(22)10-13/h5-10,17,19H,1-4H3/t17?,19-/m0/s1. The third-order valence-corrected chi connectivity index (χ3v) is 4.97. The van der Waals surface area contributed by atoms with Gasteiger partial charge in [-0.2, -0.15) is 0 Å². The zero-order valence-corrected chi connectivity index (χ0v) is 16.7. The van der Waals surface area contributed by atoms with E-state index in [1.54, 1.807) is 38.1 Å². The molecule has 2 aromatic rings. The van der Waals surface area contributed by atoms with Gasteiger partial charge in [0.05, 0.1) is 25.7 Å². The number of ether oxygens (including phenoxy) is 2. The number of methoxy groups -OCH3 is 2. The van der Waals surface area contributed by atoms with E-state index >= 15 is 0 Å². The number of carbonyl (C=O) groups excluding carboxylic acids is 2. The van der Waals surface area contributed by atoms with Crippen LogP contribution in [0.3, 0.4) is 0 Å². The number of aliphatic imine (C=N–C) groups is 1. The number of rotatable bonds is 4. The first-order valence-corrected chi connectivity index (χ1v) is 9.03. The Morgan fingerprint density at radius 2 is 1.86 bits per heavy atom. The van der Waals surface area contributed by atoms with Crippen molar-refractivity contribution in [2.24, 2.45) is 10.9 Å². The fourth-order valence-corrected chi connectivity index (χ4v) is 3.66. The predicted molar refractivity (Wildman–Crippen MR) is 105 cm³/mol. The van der Waals surface area contributed by atoms with Crippen molar-refractivity contribution in [2.45, 2.75) is 19.8 Å². The summed E-state index contributed by atoms with van der Waals surface area (Å²) in [5.74, 6) is -1.54. The van der Waals surface area contributed by atoms with Gasteiger partial charge < -0.3 is 13.9 Å². The van der Waals surface area contributed by atoms with E-state index in [4.69, 9.17) is 25.5 Å². The maximum atomic E-state index is 12.5. The van der Waals surface area contributed by atoms with Gasteiger partial charge in [-0.3, -0.25) is 9.79 Å². The quantitative estimate of drug-likeness (QED) is 0.710. The average Bonchev–Trinajstić information content (AvgIpc) is 3.16. The molecule has 2 atom stereocenters. The normalized spacial score (nSPS) is 19.2. The topological polar surface area (TPSA) is 78.1 Å². The van der Waals surface area contributed by atoms with E-state index in [1.165, 1.54) is 14.2 Å². The van der Waals surface area contributed by atoms with E-state index in [2.05, 4.69) is 4.99 Å². The van der Waals surface area contributed by atoms with Crippen LogP contribution in [0.25, 0.3) is 11.3 Å². The summed E-state index contributed by atoms with van der Waals surface area (Å²) in [6.45, 7) is 3.43. The van der Waals surface area contributed by atoms with Gasteiger partial charge in [0.15, 0.2) is 0 Å². The van der Waals surface area contributed by atoms with Crippen molar-refractivity contribution in [3.8, 4) is 11.3 Å². The second-order valence-corrected chi connectivity index (χ2v) is 6.87. The van der Waals surface area contributed by atoms with Crippen LogP contribution in [0.4, 0.5) is 0 Å². The van der Waals surface area contributed by atoms with E-state index in [-0.39, 0.29) is 5.57 Å². The summed E-state index contributed by atoms with van der Waals surface area (Å²) < 4.78 is 15.9. The van der Waals surface area contributed by atoms with Crippen LogP contribution >= 0.6 is 11.6 Å². The minimum absolute atomic E-state index is 0.274. The Labute approximate surface area is 167 Å². The monoisotopic (exact) mass is 401 g/mol. The van der Waals surface area contributed by atoms with Gasteiger partial charge in [-0.05, 0) is 38.1 Å². The van der Waals surface area contributed by atoms with E-state index in [9.17, 15) is 9.59 Å². The number of esters is 2. The molecular formula is C21H20ClNO5. The number of benzene rings is 1. The second kappa shape index (κ2) is 8.02. The van der Waals surface area contributed by atoms with Gasteiger partial charge in [0.2, 0.25) is 0 Å². The third-order valence-electron chi connectivity index (χ3n) is 4.73. The van der Waals surface area contributed by atoms with Gasteiger partial charge in [0.1, 0.15) is 17.4 Å². The molecule has 0 N–H and O–H groups in total. The Balaban J connectivity index is 2.13. The van der Waals surface area contributed by atoms with Gasteiger partial charge in [-0.1, -0.05) is 23.7 Å². The summed E-state index contributed by atoms with van der Waals surface area (Å²) in [5, 5.41) is 0.578. The maximum absolute atomic E-state index is 12.5. The van der Waals surface area contributed by atoms with Crippen LogP contribution < -0.4 is 0 Å². The number of halogens is 1. The van der Waals surface area contributed by atoms with E-state index in [0.29, 0.717) is 28.0 Å². The lowest BCUT2D eigenvalue weighted by atomic mass is 9.78. The molecule has 146 valence electrons. The first kappa shape index (κ1) is 19.9. The number of furan rings is 1. The lowest BCUT2D eigenvalue weighted by Crippen LogP contribution is -2.35. The van der Waals surface area contributed by atoms with Crippen molar-refractivity contribution in [3.63, 3.8) is 0 Å². The van der Waals surface area contributed by atoms with Gasteiger partial charge in [0.25, 0.3) is 0 Å². The zero-order chi connectivity index (χ0) is 20.4. The summed E-state index contributed by atoms with van der Waals surface area (Å²) in [6.07, 6.45) is 0. The first-order valence-electron chi connectivity index (χ1n) is 8.65. The van der Waals surface area contributed by atoms with Crippen molar-refractivity contribution in [3.05, 3.63) is 58.5 Å². The van der Waals surface area contributed by atoms with Gasteiger partial charge in [0, 0.05) is 22.0 Å². The molecule has 1 aromatic heterocycles. The molecule has 0 radical (unpaired) electrons. The Bertz CT molecular complexity index is 988. The van der Waals surface area contributed by atoms with Crippen molar-refractivity contribution in [2.75, 3.05) is 14.2 Å².